The number of carbonyl (C=O) groups is 2. The summed E-state index contributed by atoms with van der Waals surface area (Å²) in [5.74, 6) is 0.0826. The molecule has 6 heteroatoms. The smallest absolute Gasteiger partial charge is 0.338 e. The largest absolute Gasteiger partial charge is 0.491 e. The number of hydrogen-bond acceptors (Lipinski definition) is 4. The van der Waals surface area contributed by atoms with Crippen molar-refractivity contribution in [3.8, 4) is 5.75 Å². The molecule has 2 aromatic carbocycles. The van der Waals surface area contributed by atoms with E-state index in [9.17, 15) is 9.59 Å². The maximum Gasteiger partial charge on any atom is 0.338 e. The van der Waals surface area contributed by atoms with Crippen LogP contribution >= 0.6 is 0 Å². The zero-order valence-electron chi connectivity index (χ0n) is 15.5. The molecule has 140 valence electrons. The first kappa shape index (κ1) is 18.5. The maximum absolute atomic E-state index is 12.7. The van der Waals surface area contributed by atoms with E-state index < -0.39 is 18.0 Å². The standard InChI is InChI=1S/C21H22N2O4/c1-13(2)27-16-12-8-7-11-15(16)19-17(20(24)26-3)18(22-21(25)23-19)14-9-5-4-6-10-14/h4-13,19H,1-3H3,(H2,22,23,25). The van der Waals surface area contributed by atoms with E-state index in [1.807, 2.05) is 68.4 Å². The number of benzene rings is 2. The van der Waals surface area contributed by atoms with E-state index in [-0.39, 0.29) is 6.10 Å². The normalized spacial score (nSPS) is 16.6. The van der Waals surface area contributed by atoms with Crippen molar-refractivity contribution in [2.24, 2.45) is 0 Å². The molecule has 2 N–H and O–H groups in total. The predicted octanol–water partition coefficient (Wildman–Crippen LogP) is 3.41. The molecule has 0 aliphatic carbocycles. The van der Waals surface area contributed by atoms with Crippen LogP contribution in [0.5, 0.6) is 5.75 Å². The average molecular weight is 366 g/mol. The number of hydrogen-bond donors (Lipinski definition) is 2. The van der Waals surface area contributed by atoms with E-state index in [1.54, 1.807) is 0 Å². The molecule has 6 nitrogen and oxygen atoms in total. The lowest BCUT2D eigenvalue weighted by molar-refractivity contribution is -0.136. The van der Waals surface area contributed by atoms with Gasteiger partial charge in [-0.2, -0.15) is 0 Å². The van der Waals surface area contributed by atoms with Gasteiger partial charge < -0.3 is 20.1 Å². The maximum atomic E-state index is 12.7. The average Bonchev–Trinajstić information content (AvgIpc) is 2.67. The molecule has 0 fully saturated rings. The lowest BCUT2D eigenvalue weighted by Gasteiger charge is -2.30. The summed E-state index contributed by atoms with van der Waals surface area (Å²) < 4.78 is 10.9. The number of nitrogens with one attached hydrogen (secondary N) is 2. The number of amides is 2. The number of rotatable bonds is 5. The van der Waals surface area contributed by atoms with Crippen LogP contribution in [0.1, 0.15) is 31.0 Å². The van der Waals surface area contributed by atoms with Crippen molar-refractivity contribution >= 4 is 17.7 Å². The van der Waals surface area contributed by atoms with Crippen molar-refractivity contribution < 1.29 is 19.1 Å². The highest BCUT2D eigenvalue weighted by Crippen LogP contribution is 2.36. The quantitative estimate of drug-likeness (QED) is 0.795. The lowest BCUT2D eigenvalue weighted by atomic mass is 9.92. The van der Waals surface area contributed by atoms with Crippen molar-refractivity contribution in [2.45, 2.75) is 26.0 Å². The highest BCUT2D eigenvalue weighted by molar-refractivity contribution is 6.04. The Balaban J connectivity index is 2.19. The van der Waals surface area contributed by atoms with E-state index in [2.05, 4.69) is 10.6 Å². The molecule has 0 saturated heterocycles. The van der Waals surface area contributed by atoms with Gasteiger partial charge in [0.15, 0.2) is 0 Å². The third-order valence-electron chi connectivity index (χ3n) is 4.13. The summed E-state index contributed by atoms with van der Waals surface area (Å²) in [4.78, 5) is 25.0. The predicted molar refractivity (Wildman–Crippen MR) is 102 cm³/mol. The third-order valence-corrected chi connectivity index (χ3v) is 4.13. The fourth-order valence-corrected chi connectivity index (χ4v) is 3.04. The Kier molecular flexibility index (Phi) is 5.45. The summed E-state index contributed by atoms with van der Waals surface area (Å²) in [6.45, 7) is 3.84. The molecule has 2 aromatic rings. The SMILES string of the molecule is COC(=O)C1=C(c2ccccc2)NC(=O)NC1c1ccccc1OC(C)C. The van der Waals surface area contributed by atoms with Crippen LogP contribution in [0.3, 0.4) is 0 Å². The fraction of sp³-hybridized carbons (Fsp3) is 0.238. The van der Waals surface area contributed by atoms with Crippen LogP contribution in [0, 0.1) is 0 Å². The molecule has 2 amide bonds. The zero-order chi connectivity index (χ0) is 19.4. The van der Waals surface area contributed by atoms with Gasteiger partial charge in [0.1, 0.15) is 5.75 Å². The summed E-state index contributed by atoms with van der Waals surface area (Å²) in [5, 5.41) is 5.57. The zero-order valence-corrected chi connectivity index (χ0v) is 15.5. The molecule has 0 bridgehead atoms. The van der Waals surface area contributed by atoms with Crippen molar-refractivity contribution in [2.75, 3.05) is 7.11 Å². The molecule has 1 atom stereocenters. The van der Waals surface area contributed by atoms with E-state index in [0.717, 1.165) is 5.56 Å². The lowest BCUT2D eigenvalue weighted by Crippen LogP contribution is -2.45. The Bertz CT molecular complexity index is 875. The van der Waals surface area contributed by atoms with Crippen molar-refractivity contribution in [3.05, 3.63) is 71.3 Å². The Morgan fingerprint density at radius 3 is 2.37 bits per heavy atom. The minimum absolute atomic E-state index is 0.0530. The van der Waals surface area contributed by atoms with Gasteiger partial charge >= 0.3 is 12.0 Å². The minimum Gasteiger partial charge on any atom is -0.491 e. The van der Waals surface area contributed by atoms with Crippen molar-refractivity contribution in [1.29, 1.82) is 0 Å². The fourth-order valence-electron chi connectivity index (χ4n) is 3.04. The molecule has 27 heavy (non-hydrogen) atoms. The molecule has 1 unspecified atom stereocenters. The van der Waals surface area contributed by atoms with Crippen molar-refractivity contribution in [3.63, 3.8) is 0 Å². The van der Waals surface area contributed by atoms with Gasteiger partial charge in [0.05, 0.1) is 30.5 Å². The number of methoxy groups -OCH3 is 1. The molecular weight excluding hydrogens is 344 g/mol. The highest BCUT2D eigenvalue weighted by Gasteiger charge is 2.35. The van der Waals surface area contributed by atoms with Crippen molar-refractivity contribution in [1.82, 2.24) is 10.6 Å². The third kappa shape index (κ3) is 3.95. The topological polar surface area (TPSA) is 76.7 Å². The summed E-state index contributed by atoms with van der Waals surface area (Å²) in [6, 6.07) is 15.5. The van der Waals surface area contributed by atoms with Crippen LogP contribution in [0.25, 0.3) is 5.70 Å². The second kappa shape index (κ2) is 7.95. The summed E-state index contributed by atoms with van der Waals surface area (Å²) in [7, 11) is 1.32. The first-order valence-corrected chi connectivity index (χ1v) is 8.72. The first-order chi connectivity index (χ1) is 13.0. The molecule has 0 radical (unpaired) electrons. The molecule has 0 aromatic heterocycles. The van der Waals surface area contributed by atoms with E-state index in [4.69, 9.17) is 9.47 Å². The van der Waals surface area contributed by atoms with Crippen LogP contribution in [-0.4, -0.2) is 25.2 Å². The number of esters is 1. The number of urea groups is 1. The molecular formula is C21H22N2O4. The molecule has 0 saturated carbocycles. The van der Waals surface area contributed by atoms with Crippen LogP contribution in [-0.2, 0) is 9.53 Å². The van der Waals surface area contributed by atoms with E-state index >= 15 is 0 Å². The first-order valence-electron chi connectivity index (χ1n) is 8.72. The number of carbonyl (C=O) groups excluding carboxylic acids is 2. The van der Waals surface area contributed by atoms with Gasteiger partial charge in [-0.05, 0) is 25.5 Å². The number of para-hydroxylation sites is 1. The number of ether oxygens (including phenoxy) is 2. The van der Waals surface area contributed by atoms with Crippen LogP contribution in [0.15, 0.2) is 60.2 Å². The van der Waals surface area contributed by atoms with Gasteiger partial charge in [-0.1, -0.05) is 48.5 Å². The molecule has 3 rings (SSSR count). The molecule has 1 aliphatic rings. The van der Waals surface area contributed by atoms with Gasteiger partial charge in [-0.15, -0.1) is 0 Å². The monoisotopic (exact) mass is 366 g/mol. The van der Waals surface area contributed by atoms with Crippen LogP contribution in [0.2, 0.25) is 0 Å². The van der Waals surface area contributed by atoms with Gasteiger partial charge in [0, 0.05) is 5.56 Å². The van der Waals surface area contributed by atoms with Gasteiger partial charge in [0.25, 0.3) is 0 Å². The summed E-state index contributed by atoms with van der Waals surface area (Å²) in [5.41, 5.74) is 2.16. The van der Waals surface area contributed by atoms with E-state index in [0.29, 0.717) is 22.6 Å². The van der Waals surface area contributed by atoms with E-state index in [1.165, 1.54) is 7.11 Å². The van der Waals surface area contributed by atoms with Crippen LogP contribution < -0.4 is 15.4 Å². The second-order valence-electron chi connectivity index (χ2n) is 6.38. The Morgan fingerprint density at radius 1 is 1.04 bits per heavy atom. The Hall–Kier alpha value is -3.28. The second-order valence-corrected chi connectivity index (χ2v) is 6.38. The summed E-state index contributed by atoms with van der Waals surface area (Å²) in [6.07, 6.45) is -0.0530. The molecule has 0 spiro atoms. The molecule has 1 heterocycles. The Morgan fingerprint density at radius 2 is 1.70 bits per heavy atom. The highest BCUT2D eigenvalue weighted by atomic mass is 16.5. The van der Waals surface area contributed by atoms with Crippen LogP contribution in [0.4, 0.5) is 4.79 Å². The molecule has 1 aliphatic heterocycles. The van der Waals surface area contributed by atoms with Gasteiger partial charge in [-0.3, -0.25) is 0 Å². The Labute approximate surface area is 158 Å². The summed E-state index contributed by atoms with van der Waals surface area (Å²) >= 11 is 0. The van der Waals surface area contributed by atoms with Gasteiger partial charge in [-0.25, -0.2) is 9.59 Å². The minimum atomic E-state index is -0.698. The van der Waals surface area contributed by atoms with Gasteiger partial charge in [0.2, 0.25) is 0 Å².